The average molecular weight is 408 g/mol. The van der Waals surface area contributed by atoms with Gasteiger partial charge in [0.05, 0.1) is 0 Å². The molecule has 4 rings (SSSR count). The molecule has 2 aromatic heterocycles. The maximum atomic E-state index is 12.8. The van der Waals surface area contributed by atoms with Crippen molar-refractivity contribution in [2.75, 3.05) is 31.1 Å². The summed E-state index contributed by atoms with van der Waals surface area (Å²) in [6, 6.07) is 5.98. The van der Waals surface area contributed by atoms with Gasteiger partial charge in [-0.1, -0.05) is 6.08 Å². The van der Waals surface area contributed by atoms with Gasteiger partial charge in [-0.05, 0) is 55.4 Å². The van der Waals surface area contributed by atoms with E-state index in [-0.39, 0.29) is 17.5 Å². The van der Waals surface area contributed by atoms with Gasteiger partial charge in [-0.3, -0.25) is 14.6 Å². The molecule has 0 aromatic carbocycles. The summed E-state index contributed by atoms with van der Waals surface area (Å²) in [5, 5.41) is 0. The molecule has 1 aliphatic carbocycles. The first-order valence-electron chi connectivity index (χ1n) is 10.7. The van der Waals surface area contributed by atoms with Crippen molar-refractivity contribution in [1.82, 2.24) is 14.9 Å². The Hall–Kier alpha value is -2.93. The molecule has 3 heterocycles. The lowest BCUT2D eigenvalue weighted by Crippen LogP contribution is -2.51. The second-order valence-corrected chi connectivity index (χ2v) is 8.15. The molecule has 3 N–H and O–H groups in total. The predicted molar refractivity (Wildman–Crippen MR) is 118 cm³/mol. The van der Waals surface area contributed by atoms with Crippen LogP contribution in [0.3, 0.4) is 0 Å². The Balaban J connectivity index is 1.62. The van der Waals surface area contributed by atoms with Crippen LogP contribution in [0.5, 0.6) is 0 Å². The van der Waals surface area contributed by atoms with Crippen LogP contribution in [0.4, 0.5) is 5.69 Å². The lowest BCUT2D eigenvalue weighted by molar-refractivity contribution is -0.127. The standard InChI is InChI=1S/C23H29N5O2/c24-9-1-4-22(29)27-12-2-3-20(16-27)28(15-17-5-6-17)21-13-19(14-26-23(21)30)18-7-10-25-11-8-18/h1,4,7-8,10-11,13-14,17,20H,2-3,5-6,9,12,15-16,24H2,(H,26,30)/b4-1+. The zero-order valence-corrected chi connectivity index (χ0v) is 17.2. The summed E-state index contributed by atoms with van der Waals surface area (Å²) in [5.74, 6) is 0.619. The maximum absolute atomic E-state index is 12.8. The van der Waals surface area contributed by atoms with Crippen LogP contribution in [-0.4, -0.2) is 53.0 Å². The molecule has 1 saturated carbocycles. The summed E-state index contributed by atoms with van der Waals surface area (Å²) in [7, 11) is 0. The number of carbonyl (C=O) groups excluding carboxylic acids is 1. The number of rotatable bonds is 7. The maximum Gasteiger partial charge on any atom is 0.271 e. The highest BCUT2D eigenvalue weighted by atomic mass is 16.2. The Bertz CT molecular complexity index is 952. The number of H-pyrrole nitrogens is 1. The van der Waals surface area contributed by atoms with Crippen LogP contribution in [0, 0.1) is 5.92 Å². The molecule has 2 fully saturated rings. The highest BCUT2D eigenvalue weighted by Crippen LogP contribution is 2.33. The molecule has 158 valence electrons. The first kappa shape index (κ1) is 20.3. The minimum absolute atomic E-state index is 0.00373. The Morgan fingerprint density at radius 2 is 2.07 bits per heavy atom. The largest absolute Gasteiger partial charge is 0.362 e. The van der Waals surface area contributed by atoms with Crippen molar-refractivity contribution in [3.05, 3.63) is 59.3 Å². The van der Waals surface area contributed by atoms with Gasteiger partial charge in [0.1, 0.15) is 5.69 Å². The topological polar surface area (TPSA) is 95.3 Å². The molecule has 7 heteroatoms. The molecule has 30 heavy (non-hydrogen) atoms. The molecule has 1 aliphatic heterocycles. The molecule has 7 nitrogen and oxygen atoms in total. The van der Waals surface area contributed by atoms with Crippen molar-refractivity contribution in [1.29, 1.82) is 0 Å². The van der Waals surface area contributed by atoms with Crippen molar-refractivity contribution < 1.29 is 4.79 Å². The summed E-state index contributed by atoms with van der Waals surface area (Å²) < 4.78 is 0. The number of amides is 1. The lowest BCUT2D eigenvalue weighted by atomic mass is 10.0. The normalized spacial score (nSPS) is 19.2. The van der Waals surface area contributed by atoms with Crippen LogP contribution in [0.1, 0.15) is 25.7 Å². The van der Waals surface area contributed by atoms with Crippen LogP contribution in [-0.2, 0) is 4.79 Å². The van der Waals surface area contributed by atoms with Crippen LogP contribution in [0.2, 0.25) is 0 Å². The fourth-order valence-electron chi connectivity index (χ4n) is 4.10. The van der Waals surface area contributed by atoms with Crippen molar-refractivity contribution in [2.24, 2.45) is 11.7 Å². The minimum atomic E-state index is -0.0834. The number of piperidine rings is 1. The molecule has 0 radical (unpaired) electrons. The van der Waals surface area contributed by atoms with Crippen LogP contribution in [0.25, 0.3) is 11.1 Å². The van der Waals surface area contributed by atoms with Crippen LogP contribution >= 0.6 is 0 Å². The summed E-state index contributed by atoms with van der Waals surface area (Å²) in [4.78, 5) is 36.4. The number of aromatic nitrogens is 2. The summed E-state index contributed by atoms with van der Waals surface area (Å²) in [5.41, 5.74) is 8.07. The molecule has 1 unspecified atom stereocenters. The third-order valence-corrected chi connectivity index (χ3v) is 5.90. The third-order valence-electron chi connectivity index (χ3n) is 5.90. The lowest BCUT2D eigenvalue weighted by Gasteiger charge is -2.40. The number of nitrogens with zero attached hydrogens (tertiary/aromatic N) is 3. The molecular formula is C23H29N5O2. The number of hydrogen-bond acceptors (Lipinski definition) is 5. The Morgan fingerprint density at radius 3 is 2.80 bits per heavy atom. The first-order chi connectivity index (χ1) is 14.7. The first-order valence-corrected chi connectivity index (χ1v) is 10.7. The summed E-state index contributed by atoms with van der Waals surface area (Å²) in [6.45, 7) is 2.58. The van der Waals surface area contributed by atoms with E-state index in [2.05, 4.69) is 14.9 Å². The average Bonchev–Trinajstić information content (AvgIpc) is 3.61. The molecule has 0 bridgehead atoms. The van der Waals surface area contributed by atoms with E-state index in [0.29, 0.717) is 24.7 Å². The van der Waals surface area contributed by atoms with E-state index in [0.717, 1.165) is 37.1 Å². The van der Waals surface area contributed by atoms with Crippen LogP contribution in [0.15, 0.2) is 53.7 Å². The van der Waals surface area contributed by atoms with Crippen LogP contribution < -0.4 is 16.2 Å². The number of hydrogen-bond donors (Lipinski definition) is 2. The van der Waals surface area contributed by atoms with Crippen molar-refractivity contribution in [2.45, 2.75) is 31.7 Å². The fourth-order valence-corrected chi connectivity index (χ4v) is 4.10. The number of pyridine rings is 2. The molecule has 1 amide bonds. The number of anilines is 1. The Morgan fingerprint density at radius 1 is 1.27 bits per heavy atom. The summed E-state index contributed by atoms with van der Waals surface area (Å²) >= 11 is 0. The van der Waals surface area contributed by atoms with E-state index in [4.69, 9.17) is 5.73 Å². The monoisotopic (exact) mass is 407 g/mol. The SMILES string of the molecule is NC/C=C/C(=O)N1CCCC(N(CC2CC2)c2cc(-c3ccncc3)c[nH]c2=O)C1. The van der Waals surface area contributed by atoms with Gasteiger partial charge >= 0.3 is 0 Å². The van der Waals surface area contributed by atoms with E-state index in [1.807, 2.05) is 23.1 Å². The smallest absolute Gasteiger partial charge is 0.271 e. The second-order valence-electron chi connectivity index (χ2n) is 8.15. The van der Waals surface area contributed by atoms with E-state index in [1.165, 1.54) is 12.8 Å². The molecule has 2 aromatic rings. The number of nitrogens with one attached hydrogen (secondary N) is 1. The van der Waals surface area contributed by atoms with E-state index < -0.39 is 0 Å². The van der Waals surface area contributed by atoms with Gasteiger partial charge < -0.3 is 20.5 Å². The quantitative estimate of drug-likeness (QED) is 0.686. The fraction of sp³-hybridized carbons (Fsp3) is 0.435. The van der Waals surface area contributed by atoms with Gasteiger partial charge in [-0.15, -0.1) is 0 Å². The van der Waals surface area contributed by atoms with Gasteiger partial charge in [-0.2, -0.15) is 0 Å². The minimum Gasteiger partial charge on any atom is -0.362 e. The zero-order chi connectivity index (χ0) is 20.9. The number of nitrogens with two attached hydrogens (primary N) is 1. The van der Waals surface area contributed by atoms with E-state index in [9.17, 15) is 9.59 Å². The highest BCUT2D eigenvalue weighted by molar-refractivity contribution is 5.87. The second kappa shape index (κ2) is 9.26. The molecule has 0 spiro atoms. The summed E-state index contributed by atoms with van der Waals surface area (Å²) in [6.07, 6.45) is 12.8. The molecule has 1 saturated heterocycles. The van der Waals surface area contributed by atoms with Gasteiger partial charge in [-0.25, -0.2) is 0 Å². The van der Waals surface area contributed by atoms with E-state index >= 15 is 0 Å². The van der Waals surface area contributed by atoms with Crippen molar-refractivity contribution in [3.8, 4) is 11.1 Å². The van der Waals surface area contributed by atoms with Crippen molar-refractivity contribution >= 4 is 11.6 Å². The third kappa shape index (κ3) is 4.79. The number of carbonyl (C=O) groups is 1. The van der Waals surface area contributed by atoms with Gasteiger partial charge in [0.25, 0.3) is 5.56 Å². The van der Waals surface area contributed by atoms with E-state index in [1.54, 1.807) is 30.7 Å². The Labute approximate surface area is 176 Å². The van der Waals surface area contributed by atoms with Gasteiger partial charge in [0.2, 0.25) is 5.91 Å². The molecular weight excluding hydrogens is 378 g/mol. The highest BCUT2D eigenvalue weighted by Gasteiger charge is 2.33. The van der Waals surface area contributed by atoms with Gasteiger partial charge in [0.15, 0.2) is 0 Å². The molecule has 2 aliphatic rings. The number of likely N-dealkylation sites (tertiary alicyclic amines) is 1. The molecule has 1 atom stereocenters. The zero-order valence-electron chi connectivity index (χ0n) is 17.2. The Kier molecular flexibility index (Phi) is 6.28. The van der Waals surface area contributed by atoms with Crippen molar-refractivity contribution in [3.63, 3.8) is 0 Å². The number of aromatic amines is 1. The van der Waals surface area contributed by atoms with Gasteiger partial charge in [0, 0.05) is 62.5 Å². The predicted octanol–water partition coefficient (Wildman–Crippen LogP) is 2.16.